The molecule has 2 rings (SSSR count). The Morgan fingerprint density at radius 1 is 1.27 bits per heavy atom. The first-order chi connectivity index (χ1) is 17.5. The van der Waals surface area contributed by atoms with Crippen molar-refractivity contribution in [2.24, 2.45) is 5.73 Å². The van der Waals surface area contributed by atoms with Gasteiger partial charge in [-0.25, -0.2) is 4.39 Å². The Hall–Kier alpha value is -2.78. The second-order valence-electron chi connectivity index (χ2n) is 9.49. The molecule has 0 bridgehead atoms. The van der Waals surface area contributed by atoms with Crippen LogP contribution < -0.4 is 21.7 Å². The van der Waals surface area contributed by atoms with Gasteiger partial charge in [-0.3, -0.25) is 4.90 Å². The largest absolute Gasteiger partial charge is 0.416 e. The number of allylic oxidation sites excluding steroid dienone is 5. The van der Waals surface area contributed by atoms with Crippen LogP contribution in [0.3, 0.4) is 0 Å². The lowest BCUT2D eigenvalue weighted by Gasteiger charge is -2.31. The topological polar surface area (TPSA) is 65.3 Å². The van der Waals surface area contributed by atoms with Crippen LogP contribution in [-0.2, 0) is 0 Å². The molecular weight excluding hydrogens is 482 g/mol. The van der Waals surface area contributed by atoms with Gasteiger partial charge in [0.25, 0.3) is 0 Å². The van der Waals surface area contributed by atoms with E-state index in [0.29, 0.717) is 50.2 Å². The molecule has 37 heavy (non-hydrogen) atoms. The van der Waals surface area contributed by atoms with E-state index in [-0.39, 0.29) is 35.6 Å². The quantitative estimate of drug-likeness (QED) is 0.264. The van der Waals surface area contributed by atoms with E-state index < -0.39 is 11.7 Å². The molecule has 5 N–H and O–H groups in total. The standard InChI is InChI=1S/C28H41F4N5/c1-6-7-8-26(28(30,31)32)25(16-33)21(4)36-23-15-24(22-11-13-34-14-12-22)27(29)10-9-19(2)37(5)20(3)17-35-18-23/h8,10-11,15-16,18-20,34-36H,4,6-7,9,12-14,17,33H2,1-3,5H3/b23-18-,24-15-,25-16-,26-8?,27-10?. The molecule has 2 aliphatic heterocycles. The fourth-order valence-electron chi connectivity index (χ4n) is 4.18. The van der Waals surface area contributed by atoms with E-state index in [0.717, 1.165) is 17.8 Å². The van der Waals surface area contributed by atoms with Crippen molar-refractivity contribution in [1.29, 1.82) is 0 Å². The van der Waals surface area contributed by atoms with Gasteiger partial charge >= 0.3 is 6.18 Å². The summed E-state index contributed by atoms with van der Waals surface area (Å²) >= 11 is 0. The van der Waals surface area contributed by atoms with E-state index in [1.165, 1.54) is 0 Å². The first-order valence-corrected chi connectivity index (χ1v) is 12.8. The van der Waals surface area contributed by atoms with Gasteiger partial charge in [0, 0.05) is 54.4 Å². The molecule has 0 aromatic carbocycles. The maximum absolute atomic E-state index is 15.6. The second kappa shape index (κ2) is 14.2. The van der Waals surface area contributed by atoms with Gasteiger partial charge in [0.2, 0.25) is 0 Å². The first-order valence-electron chi connectivity index (χ1n) is 12.8. The van der Waals surface area contributed by atoms with Crippen molar-refractivity contribution in [2.75, 3.05) is 26.7 Å². The van der Waals surface area contributed by atoms with Crippen LogP contribution >= 0.6 is 0 Å². The van der Waals surface area contributed by atoms with Gasteiger partial charge in [-0.2, -0.15) is 13.2 Å². The van der Waals surface area contributed by atoms with Crippen molar-refractivity contribution in [3.63, 3.8) is 0 Å². The molecule has 0 spiro atoms. The highest BCUT2D eigenvalue weighted by Gasteiger charge is 2.36. The number of unbranched alkanes of at least 4 members (excludes halogenated alkanes) is 1. The molecule has 5 nitrogen and oxygen atoms in total. The molecular formula is C28H41F4N5. The Bertz CT molecular complexity index is 985. The van der Waals surface area contributed by atoms with E-state index in [4.69, 9.17) is 5.73 Å². The normalized spacial score (nSPS) is 26.3. The third kappa shape index (κ3) is 8.93. The predicted molar refractivity (Wildman–Crippen MR) is 144 cm³/mol. The average Bonchev–Trinajstić information content (AvgIpc) is 2.86. The van der Waals surface area contributed by atoms with E-state index in [1.54, 1.807) is 25.3 Å². The number of halogens is 4. The first kappa shape index (κ1) is 30.4. The summed E-state index contributed by atoms with van der Waals surface area (Å²) in [5, 5.41) is 9.42. The lowest BCUT2D eigenvalue weighted by atomic mass is 9.96. The average molecular weight is 524 g/mol. The maximum Gasteiger partial charge on any atom is 0.416 e. The summed E-state index contributed by atoms with van der Waals surface area (Å²) in [5.74, 6) is -0.367. The molecule has 9 heteroatoms. The number of hydrogen-bond acceptors (Lipinski definition) is 5. The van der Waals surface area contributed by atoms with E-state index in [9.17, 15) is 13.2 Å². The lowest BCUT2D eigenvalue weighted by Crippen LogP contribution is -2.41. The Morgan fingerprint density at radius 2 is 2.00 bits per heavy atom. The molecule has 0 saturated carbocycles. The molecule has 206 valence electrons. The van der Waals surface area contributed by atoms with E-state index in [1.807, 2.05) is 13.1 Å². The van der Waals surface area contributed by atoms with Crippen LogP contribution in [0.1, 0.15) is 46.5 Å². The third-order valence-electron chi connectivity index (χ3n) is 6.69. The zero-order chi connectivity index (χ0) is 27.6. The lowest BCUT2D eigenvalue weighted by molar-refractivity contribution is -0.0894. The molecule has 2 unspecified atom stereocenters. The SMILES string of the molecule is C=C(NC1=C\NCC(C)N(C)C(C)CC=C(F)/C(C2=CCNCC2)=C\1)/C(=C/N)C(=CCCC)C(F)(F)F. The Morgan fingerprint density at radius 3 is 2.59 bits per heavy atom. The van der Waals surface area contributed by atoms with Crippen molar-refractivity contribution < 1.29 is 17.6 Å². The highest BCUT2D eigenvalue weighted by molar-refractivity contribution is 5.51. The summed E-state index contributed by atoms with van der Waals surface area (Å²) in [7, 11) is 1.99. The number of nitrogens with zero attached hydrogens (tertiary/aromatic N) is 1. The third-order valence-corrected chi connectivity index (χ3v) is 6.69. The van der Waals surface area contributed by atoms with Gasteiger partial charge in [0.1, 0.15) is 5.83 Å². The Kier molecular flexibility index (Phi) is 11.7. The molecule has 0 aromatic rings. The second-order valence-corrected chi connectivity index (χ2v) is 9.49. The number of alkyl halides is 3. The number of hydrogen-bond donors (Lipinski definition) is 4. The van der Waals surface area contributed by atoms with Crippen molar-refractivity contribution in [3.05, 3.63) is 82.8 Å². The Labute approximate surface area is 218 Å². The van der Waals surface area contributed by atoms with Crippen LogP contribution in [0.4, 0.5) is 17.6 Å². The summed E-state index contributed by atoms with van der Waals surface area (Å²) in [6, 6.07) is 0.259. The molecule has 2 heterocycles. The van der Waals surface area contributed by atoms with Crippen LogP contribution in [0.2, 0.25) is 0 Å². The minimum Gasteiger partial charge on any atom is -0.404 e. The molecule has 0 amide bonds. The van der Waals surface area contributed by atoms with E-state index in [2.05, 4.69) is 41.3 Å². The highest BCUT2D eigenvalue weighted by Crippen LogP contribution is 2.34. The zero-order valence-electron chi connectivity index (χ0n) is 22.3. The summed E-state index contributed by atoms with van der Waals surface area (Å²) in [6.45, 7) is 11.7. The Balaban J connectivity index is 2.52. The summed E-state index contributed by atoms with van der Waals surface area (Å²) < 4.78 is 57.1. The monoisotopic (exact) mass is 523 g/mol. The van der Waals surface area contributed by atoms with Crippen molar-refractivity contribution >= 4 is 0 Å². The maximum atomic E-state index is 15.6. The molecule has 2 atom stereocenters. The van der Waals surface area contributed by atoms with E-state index >= 15 is 4.39 Å². The zero-order valence-corrected chi connectivity index (χ0v) is 22.3. The van der Waals surface area contributed by atoms with Gasteiger partial charge in [-0.05, 0) is 64.4 Å². The fourth-order valence-corrected chi connectivity index (χ4v) is 4.18. The molecule has 0 fully saturated rings. The van der Waals surface area contributed by atoms with Gasteiger partial charge in [-0.1, -0.05) is 32.1 Å². The van der Waals surface area contributed by atoms with Gasteiger partial charge < -0.3 is 21.7 Å². The number of rotatable bonds is 7. The summed E-state index contributed by atoms with van der Waals surface area (Å²) in [5.41, 5.74) is 6.14. The molecule has 2 aliphatic rings. The van der Waals surface area contributed by atoms with Crippen molar-refractivity contribution in [2.45, 2.75) is 64.7 Å². The number of nitrogens with one attached hydrogen (secondary N) is 3. The molecule has 0 radical (unpaired) electrons. The van der Waals surface area contributed by atoms with Gasteiger partial charge in [-0.15, -0.1) is 0 Å². The van der Waals surface area contributed by atoms with Crippen LogP contribution in [0.15, 0.2) is 82.8 Å². The molecule has 0 aliphatic carbocycles. The predicted octanol–water partition coefficient (Wildman–Crippen LogP) is 5.46. The van der Waals surface area contributed by atoms with Crippen molar-refractivity contribution in [3.8, 4) is 0 Å². The van der Waals surface area contributed by atoms with Crippen molar-refractivity contribution in [1.82, 2.24) is 20.9 Å². The highest BCUT2D eigenvalue weighted by atomic mass is 19.4. The smallest absolute Gasteiger partial charge is 0.404 e. The minimum atomic E-state index is -4.60. The fraction of sp³-hybridized carbons (Fsp3) is 0.500. The van der Waals surface area contributed by atoms with Gasteiger partial charge in [0.05, 0.1) is 11.3 Å². The van der Waals surface area contributed by atoms with Crippen LogP contribution in [0.5, 0.6) is 0 Å². The summed E-state index contributed by atoms with van der Waals surface area (Å²) in [4.78, 5) is 2.16. The molecule has 0 saturated heterocycles. The van der Waals surface area contributed by atoms with Crippen LogP contribution in [0, 0.1) is 0 Å². The summed E-state index contributed by atoms with van der Waals surface area (Å²) in [6.07, 6.45) is 6.18. The number of nitrogens with two attached hydrogens (primary N) is 1. The van der Waals surface area contributed by atoms with Crippen LogP contribution in [-0.4, -0.2) is 49.8 Å². The van der Waals surface area contributed by atoms with Gasteiger partial charge in [0.15, 0.2) is 0 Å². The molecule has 0 aromatic heterocycles. The van der Waals surface area contributed by atoms with Crippen LogP contribution in [0.25, 0.3) is 0 Å². The number of likely N-dealkylation sites (N-methyl/N-ethyl adjacent to an activating group) is 1. The minimum absolute atomic E-state index is 0.0274.